The van der Waals surface area contributed by atoms with Crippen molar-refractivity contribution in [3.8, 4) is 5.75 Å². The first kappa shape index (κ1) is 17.0. The third-order valence-electron chi connectivity index (χ3n) is 3.73. The Kier molecular flexibility index (Phi) is 4.67. The molecule has 0 saturated carbocycles. The fourth-order valence-electron chi connectivity index (χ4n) is 2.64. The summed E-state index contributed by atoms with van der Waals surface area (Å²) in [4.78, 5) is 11.4. The lowest BCUT2D eigenvalue weighted by atomic mass is 10.3. The second kappa shape index (κ2) is 6.58. The van der Waals surface area contributed by atoms with Crippen LogP contribution in [-0.4, -0.2) is 31.9 Å². The lowest BCUT2D eigenvalue weighted by Crippen LogP contribution is -2.31. The molecule has 6 nitrogen and oxygen atoms in total. The van der Waals surface area contributed by atoms with Gasteiger partial charge in [0.15, 0.2) is 0 Å². The molecule has 24 heavy (non-hydrogen) atoms. The van der Waals surface area contributed by atoms with Gasteiger partial charge in [0.2, 0.25) is 10.0 Å². The number of hydrogen-bond acceptors (Lipinski definition) is 5. The molecule has 1 fully saturated rings. The SMILES string of the molecule is Cc1cc(O[C@H]2CCN(S(=O)(=O)c3ccccc3Cl)C2)cc(=O)o1. The minimum Gasteiger partial charge on any atom is -0.489 e. The Morgan fingerprint density at radius 3 is 2.75 bits per heavy atom. The van der Waals surface area contributed by atoms with Gasteiger partial charge in [-0.3, -0.25) is 0 Å². The van der Waals surface area contributed by atoms with Crippen molar-refractivity contribution >= 4 is 21.6 Å². The van der Waals surface area contributed by atoms with Gasteiger partial charge >= 0.3 is 5.63 Å². The van der Waals surface area contributed by atoms with E-state index in [4.69, 9.17) is 20.8 Å². The van der Waals surface area contributed by atoms with Crippen molar-refractivity contribution < 1.29 is 17.6 Å². The molecule has 2 heterocycles. The maximum absolute atomic E-state index is 12.7. The molecule has 1 aliphatic rings. The van der Waals surface area contributed by atoms with Crippen LogP contribution in [0.4, 0.5) is 0 Å². The summed E-state index contributed by atoms with van der Waals surface area (Å²) in [6.07, 6.45) is 0.201. The molecule has 1 saturated heterocycles. The van der Waals surface area contributed by atoms with Crippen LogP contribution in [0.5, 0.6) is 5.75 Å². The van der Waals surface area contributed by atoms with Crippen LogP contribution in [0.1, 0.15) is 12.2 Å². The van der Waals surface area contributed by atoms with Crippen molar-refractivity contribution in [2.45, 2.75) is 24.3 Å². The fraction of sp³-hybridized carbons (Fsp3) is 0.312. The van der Waals surface area contributed by atoms with Gasteiger partial charge < -0.3 is 9.15 Å². The van der Waals surface area contributed by atoms with E-state index in [1.165, 1.54) is 16.4 Å². The summed E-state index contributed by atoms with van der Waals surface area (Å²) >= 11 is 6.01. The van der Waals surface area contributed by atoms with Gasteiger partial charge in [-0.05, 0) is 25.5 Å². The number of hydrogen-bond donors (Lipinski definition) is 0. The number of sulfonamides is 1. The number of nitrogens with zero attached hydrogens (tertiary/aromatic N) is 1. The van der Waals surface area contributed by atoms with Crippen LogP contribution in [0.15, 0.2) is 50.5 Å². The van der Waals surface area contributed by atoms with E-state index in [0.717, 1.165) is 0 Å². The number of aryl methyl sites for hydroxylation is 1. The summed E-state index contributed by atoms with van der Waals surface area (Å²) in [5.41, 5.74) is -0.497. The monoisotopic (exact) mass is 369 g/mol. The van der Waals surface area contributed by atoms with E-state index in [1.54, 1.807) is 31.2 Å². The van der Waals surface area contributed by atoms with Gasteiger partial charge in [-0.25, -0.2) is 13.2 Å². The van der Waals surface area contributed by atoms with Crippen LogP contribution in [0.2, 0.25) is 5.02 Å². The van der Waals surface area contributed by atoms with Crippen molar-refractivity contribution in [3.05, 3.63) is 57.6 Å². The van der Waals surface area contributed by atoms with E-state index in [9.17, 15) is 13.2 Å². The minimum absolute atomic E-state index is 0.0866. The Morgan fingerprint density at radius 2 is 2.04 bits per heavy atom. The molecular formula is C16H16ClNO5S. The van der Waals surface area contributed by atoms with Gasteiger partial charge in [-0.15, -0.1) is 0 Å². The van der Waals surface area contributed by atoms with Gasteiger partial charge in [0.25, 0.3) is 0 Å². The summed E-state index contributed by atoms with van der Waals surface area (Å²) in [5, 5.41) is 0.193. The van der Waals surface area contributed by atoms with Crippen LogP contribution in [-0.2, 0) is 10.0 Å². The third-order valence-corrected chi connectivity index (χ3v) is 6.10. The Morgan fingerprint density at radius 1 is 1.29 bits per heavy atom. The van der Waals surface area contributed by atoms with Crippen LogP contribution in [0.3, 0.4) is 0 Å². The minimum atomic E-state index is -3.67. The van der Waals surface area contributed by atoms with Crippen LogP contribution >= 0.6 is 11.6 Å². The highest BCUT2D eigenvalue weighted by Crippen LogP contribution is 2.28. The van der Waals surface area contributed by atoms with Gasteiger partial charge in [-0.2, -0.15) is 4.31 Å². The molecule has 0 amide bonds. The van der Waals surface area contributed by atoms with Crippen molar-refractivity contribution in [1.82, 2.24) is 4.31 Å². The zero-order valence-electron chi connectivity index (χ0n) is 12.9. The standard InChI is InChI=1S/C16H16ClNO5S/c1-11-8-13(9-16(19)22-11)23-12-6-7-18(10-12)24(20,21)15-5-3-2-4-14(15)17/h2-5,8-9,12H,6-7,10H2,1H3/t12-/m0/s1. The Labute approximate surface area is 144 Å². The van der Waals surface area contributed by atoms with E-state index in [1.807, 2.05) is 0 Å². The van der Waals surface area contributed by atoms with Crippen LogP contribution < -0.4 is 10.4 Å². The second-order valence-corrected chi connectivity index (χ2v) is 7.86. The number of rotatable bonds is 4. The van der Waals surface area contributed by atoms with Crippen molar-refractivity contribution in [2.75, 3.05) is 13.1 Å². The average molecular weight is 370 g/mol. The molecule has 0 radical (unpaired) electrons. The molecule has 128 valence electrons. The van der Waals surface area contributed by atoms with Crippen molar-refractivity contribution in [1.29, 1.82) is 0 Å². The molecule has 1 aromatic carbocycles. The van der Waals surface area contributed by atoms with Gasteiger partial charge in [0.05, 0.1) is 17.6 Å². The molecule has 1 aliphatic heterocycles. The summed E-state index contributed by atoms with van der Waals surface area (Å²) < 4.78 is 37.3. The van der Waals surface area contributed by atoms with E-state index < -0.39 is 15.6 Å². The fourth-order valence-corrected chi connectivity index (χ4v) is 4.62. The predicted molar refractivity (Wildman–Crippen MR) is 89.0 cm³/mol. The smallest absolute Gasteiger partial charge is 0.339 e. The molecule has 3 rings (SSSR count). The van der Waals surface area contributed by atoms with E-state index in [2.05, 4.69) is 0 Å². The summed E-state index contributed by atoms with van der Waals surface area (Å²) in [5.74, 6) is 0.821. The normalized spacial score (nSPS) is 18.7. The van der Waals surface area contributed by atoms with Gasteiger partial charge in [0, 0.05) is 12.6 Å². The van der Waals surface area contributed by atoms with Crippen LogP contribution in [0, 0.1) is 6.92 Å². The largest absolute Gasteiger partial charge is 0.489 e. The quantitative estimate of drug-likeness (QED) is 0.827. The van der Waals surface area contributed by atoms with E-state index in [0.29, 0.717) is 24.5 Å². The Balaban J connectivity index is 1.75. The van der Waals surface area contributed by atoms with E-state index in [-0.39, 0.29) is 22.6 Å². The van der Waals surface area contributed by atoms with E-state index >= 15 is 0 Å². The first-order valence-corrected chi connectivity index (χ1v) is 9.21. The molecule has 0 spiro atoms. The lowest BCUT2D eigenvalue weighted by Gasteiger charge is -2.18. The Bertz CT molecular complexity index is 909. The summed E-state index contributed by atoms with van der Waals surface area (Å²) in [7, 11) is -3.67. The molecule has 1 aromatic heterocycles. The molecule has 0 N–H and O–H groups in total. The highest BCUT2D eigenvalue weighted by Gasteiger charge is 2.34. The van der Waals surface area contributed by atoms with Gasteiger partial charge in [-0.1, -0.05) is 23.7 Å². The summed E-state index contributed by atoms with van der Waals surface area (Å²) in [6.45, 7) is 2.18. The molecule has 1 atom stereocenters. The second-order valence-electron chi connectivity index (χ2n) is 5.54. The highest BCUT2D eigenvalue weighted by molar-refractivity contribution is 7.89. The molecule has 0 unspecified atom stereocenters. The third kappa shape index (κ3) is 3.48. The lowest BCUT2D eigenvalue weighted by molar-refractivity contribution is 0.213. The van der Waals surface area contributed by atoms with Crippen LogP contribution in [0.25, 0.3) is 0 Å². The van der Waals surface area contributed by atoms with Crippen molar-refractivity contribution in [3.63, 3.8) is 0 Å². The summed E-state index contributed by atoms with van der Waals surface area (Å²) in [6, 6.07) is 9.20. The number of benzene rings is 1. The molecule has 8 heteroatoms. The topological polar surface area (TPSA) is 76.8 Å². The zero-order chi connectivity index (χ0) is 17.3. The highest BCUT2D eigenvalue weighted by atomic mass is 35.5. The maximum Gasteiger partial charge on any atom is 0.339 e. The van der Waals surface area contributed by atoms with Gasteiger partial charge in [0.1, 0.15) is 22.5 Å². The molecular weight excluding hydrogens is 354 g/mol. The van der Waals surface area contributed by atoms with Crippen molar-refractivity contribution in [2.24, 2.45) is 0 Å². The first-order valence-electron chi connectivity index (χ1n) is 7.39. The maximum atomic E-state index is 12.7. The molecule has 0 aliphatic carbocycles. The number of ether oxygens (including phenoxy) is 1. The molecule has 0 bridgehead atoms. The molecule has 2 aromatic rings. The number of halogens is 1. The zero-order valence-corrected chi connectivity index (χ0v) is 14.5. The predicted octanol–water partition coefficient (Wildman–Crippen LogP) is 2.44. The Hall–Kier alpha value is -1.83. The average Bonchev–Trinajstić information content (AvgIpc) is 2.95. The first-order chi connectivity index (χ1) is 11.4.